The Labute approximate surface area is 166 Å². The third kappa shape index (κ3) is 4.74. The van der Waals surface area contributed by atoms with Crippen LogP contribution in [-0.4, -0.2) is 34.1 Å². The van der Waals surface area contributed by atoms with E-state index < -0.39 is 0 Å². The first-order valence-corrected chi connectivity index (χ1v) is 9.41. The maximum Gasteiger partial charge on any atom is 0.273 e. The zero-order valence-electron chi connectivity index (χ0n) is 15.5. The summed E-state index contributed by atoms with van der Waals surface area (Å²) in [7, 11) is 0. The fourth-order valence-corrected chi connectivity index (χ4v) is 3.21. The van der Waals surface area contributed by atoms with Gasteiger partial charge < -0.3 is 10.1 Å². The first-order valence-electron chi connectivity index (χ1n) is 8.61. The molecule has 1 amide bonds. The zero-order chi connectivity index (χ0) is 19.4. The predicted octanol–water partition coefficient (Wildman–Crippen LogP) is 3.76. The number of carbonyl (C=O) groups excluding carboxylic acids is 1. The van der Waals surface area contributed by atoms with E-state index in [2.05, 4.69) is 37.6 Å². The lowest BCUT2D eigenvalue weighted by Crippen LogP contribution is -2.29. The molecule has 0 aliphatic carbocycles. The second-order valence-corrected chi connectivity index (χ2v) is 7.26. The van der Waals surface area contributed by atoms with E-state index in [1.807, 2.05) is 57.2 Å². The molecule has 0 aliphatic heterocycles. The van der Waals surface area contributed by atoms with Crippen molar-refractivity contribution < 1.29 is 9.53 Å². The van der Waals surface area contributed by atoms with Crippen LogP contribution < -0.4 is 10.1 Å². The Balaban J connectivity index is 1.58. The molecular formula is C20H21BrN4O2. The smallest absolute Gasteiger partial charge is 0.273 e. The van der Waals surface area contributed by atoms with Gasteiger partial charge in [0.15, 0.2) is 5.69 Å². The van der Waals surface area contributed by atoms with Gasteiger partial charge in [-0.3, -0.25) is 4.79 Å². The van der Waals surface area contributed by atoms with Crippen LogP contribution in [0.1, 0.15) is 27.3 Å². The lowest BCUT2D eigenvalue weighted by molar-refractivity contribution is 0.0941. The molecule has 0 aliphatic rings. The first kappa shape index (κ1) is 19.1. The molecule has 140 valence electrons. The highest BCUT2D eigenvalue weighted by Crippen LogP contribution is 2.18. The van der Waals surface area contributed by atoms with Crippen LogP contribution in [0.25, 0.3) is 5.69 Å². The summed E-state index contributed by atoms with van der Waals surface area (Å²) in [6.07, 6.45) is 0. The number of halogens is 1. The number of nitrogens with one attached hydrogen (secondary N) is 1. The molecule has 0 spiro atoms. The Morgan fingerprint density at radius 1 is 1.15 bits per heavy atom. The molecule has 0 saturated heterocycles. The van der Waals surface area contributed by atoms with Gasteiger partial charge in [-0.25, -0.2) is 4.68 Å². The van der Waals surface area contributed by atoms with E-state index in [9.17, 15) is 4.79 Å². The molecule has 1 N–H and O–H groups in total. The highest BCUT2D eigenvalue weighted by molar-refractivity contribution is 9.10. The van der Waals surface area contributed by atoms with E-state index in [0.717, 1.165) is 27.0 Å². The minimum absolute atomic E-state index is 0.266. The third-order valence-corrected chi connectivity index (χ3v) is 4.51. The summed E-state index contributed by atoms with van der Waals surface area (Å²) < 4.78 is 8.29. The Bertz CT molecular complexity index is 948. The number of rotatable bonds is 6. The van der Waals surface area contributed by atoms with Gasteiger partial charge in [0.2, 0.25) is 0 Å². The van der Waals surface area contributed by atoms with Crippen molar-refractivity contribution in [1.29, 1.82) is 0 Å². The van der Waals surface area contributed by atoms with Crippen molar-refractivity contribution in [2.24, 2.45) is 0 Å². The average Bonchev–Trinajstić information content (AvgIpc) is 2.99. The van der Waals surface area contributed by atoms with E-state index in [1.54, 1.807) is 4.68 Å². The molecule has 1 heterocycles. The number of aryl methyl sites for hydroxylation is 2. The summed E-state index contributed by atoms with van der Waals surface area (Å²) in [5.74, 6) is 0.538. The van der Waals surface area contributed by atoms with E-state index in [-0.39, 0.29) is 5.91 Å². The maximum absolute atomic E-state index is 12.4. The minimum atomic E-state index is -0.266. The molecule has 0 bridgehead atoms. The van der Waals surface area contributed by atoms with Crippen molar-refractivity contribution in [2.75, 3.05) is 13.2 Å². The van der Waals surface area contributed by atoms with Crippen molar-refractivity contribution in [2.45, 2.75) is 20.8 Å². The van der Waals surface area contributed by atoms with Crippen LogP contribution in [0.4, 0.5) is 0 Å². The van der Waals surface area contributed by atoms with E-state index >= 15 is 0 Å². The highest BCUT2D eigenvalue weighted by atomic mass is 79.9. The summed E-state index contributed by atoms with van der Waals surface area (Å²) in [4.78, 5) is 12.4. The number of nitrogens with zero attached hydrogens (tertiary/aromatic N) is 3. The number of aromatic nitrogens is 3. The van der Waals surface area contributed by atoms with Gasteiger partial charge in [0.1, 0.15) is 12.4 Å². The number of hydrogen-bond donors (Lipinski definition) is 1. The second kappa shape index (κ2) is 8.35. The standard InChI is InChI=1S/C20H21BrN4O2/c1-13-9-14(2)11-18(10-13)27-8-7-22-20(26)19-15(3)25(24-23-19)17-6-4-5-16(21)12-17/h4-6,9-12H,7-8H2,1-3H3,(H,22,26). The van der Waals surface area contributed by atoms with Gasteiger partial charge >= 0.3 is 0 Å². The molecule has 27 heavy (non-hydrogen) atoms. The van der Waals surface area contributed by atoms with Crippen LogP contribution in [0.15, 0.2) is 46.9 Å². The molecule has 0 fully saturated rings. The molecule has 0 atom stereocenters. The summed E-state index contributed by atoms with van der Waals surface area (Å²) in [6.45, 7) is 6.64. The van der Waals surface area contributed by atoms with Gasteiger partial charge in [0, 0.05) is 4.47 Å². The van der Waals surface area contributed by atoms with Crippen LogP contribution in [0.2, 0.25) is 0 Å². The van der Waals surface area contributed by atoms with Gasteiger partial charge in [-0.15, -0.1) is 5.10 Å². The number of hydrogen-bond acceptors (Lipinski definition) is 4. The molecule has 3 rings (SSSR count). The highest BCUT2D eigenvalue weighted by Gasteiger charge is 2.17. The molecule has 3 aromatic rings. The lowest BCUT2D eigenvalue weighted by Gasteiger charge is -2.09. The van der Waals surface area contributed by atoms with Gasteiger partial charge in [-0.05, 0) is 62.2 Å². The minimum Gasteiger partial charge on any atom is -0.492 e. The largest absolute Gasteiger partial charge is 0.492 e. The van der Waals surface area contributed by atoms with E-state index in [1.165, 1.54) is 0 Å². The lowest BCUT2D eigenvalue weighted by atomic mass is 10.1. The SMILES string of the molecule is Cc1cc(C)cc(OCCNC(=O)c2nnn(-c3cccc(Br)c3)c2C)c1. The molecule has 1 aromatic heterocycles. The average molecular weight is 429 g/mol. The summed E-state index contributed by atoms with van der Waals surface area (Å²) in [5.41, 5.74) is 4.12. The monoisotopic (exact) mass is 428 g/mol. The molecule has 0 saturated carbocycles. The van der Waals surface area contributed by atoms with Crippen LogP contribution in [-0.2, 0) is 0 Å². The molecule has 0 unspecified atom stereocenters. The summed E-state index contributed by atoms with van der Waals surface area (Å²) in [5, 5.41) is 11.0. The number of carbonyl (C=O) groups is 1. The quantitative estimate of drug-likeness (QED) is 0.606. The van der Waals surface area contributed by atoms with Crippen molar-refractivity contribution in [3.8, 4) is 11.4 Å². The zero-order valence-corrected chi connectivity index (χ0v) is 17.1. The molecule has 2 aromatic carbocycles. The van der Waals surface area contributed by atoms with Crippen molar-refractivity contribution in [1.82, 2.24) is 20.3 Å². The third-order valence-electron chi connectivity index (χ3n) is 4.01. The number of amides is 1. The molecule has 7 heteroatoms. The van der Waals surface area contributed by atoms with Crippen molar-refractivity contribution in [3.05, 3.63) is 69.5 Å². The van der Waals surface area contributed by atoms with E-state index in [0.29, 0.717) is 24.5 Å². The van der Waals surface area contributed by atoms with Crippen LogP contribution in [0.3, 0.4) is 0 Å². The fraction of sp³-hybridized carbons (Fsp3) is 0.250. The van der Waals surface area contributed by atoms with Crippen LogP contribution in [0.5, 0.6) is 5.75 Å². The topological polar surface area (TPSA) is 69.0 Å². The van der Waals surface area contributed by atoms with Crippen LogP contribution in [0, 0.1) is 20.8 Å². The summed E-state index contributed by atoms with van der Waals surface area (Å²) >= 11 is 3.44. The Morgan fingerprint density at radius 3 is 2.59 bits per heavy atom. The Morgan fingerprint density at radius 2 is 1.89 bits per heavy atom. The fourth-order valence-electron chi connectivity index (χ4n) is 2.83. The van der Waals surface area contributed by atoms with Gasteiger partial charge in [0.25, 0.3) is 5.91 Å². The molecule has 0 radical (unpaired) electrons. The Kier molecular flexibility index (Phi) is 5.91. The number of ether oxygens (including phenoxy) is 1. The van der Waals surface area contributed by atoms with Crippen molar-refractivity contribution >= 4 is 21.8 Å². The molecular weight excluding hydrogens is 408 g/mol. The Hall–Kier alpha value is -2.67. The maximum atomic E-state index is 12.4. The molecule has 6 nitrogen and oxygen atoms in total. The van der Waals surface area contributed by atoms with Gasteiger partial charge in [-0.2, -0.15) is 0 Å². The summed E-state index contributed by atoms with van der Waals surface area (Å²) in [6, 6.07) is 13.7. The predicted molar refractivity (Wildman–Crippen MR) is 108 cm³/mol. The van der Waals surface area contributed by atoms with Gasteiger partial charge in [-0.1, -0.05) is 33.3 Å². The normalized spacial score (nSPS) is 10.7. The van der Waals surface area contributed by atoms with Crippen molar-refractivity contribution in [3.63, 3.8) is 0 Å². The second-order valence-electron chi connectivity index (χ2n) is 6.34. The van der Waals surface area contributed by atoms with E-state index in [4.69, 9.17) is 4.74 Å². The number of benzene rings is 2. The van der Waals surface area contributed by atoms with Gasteiger partial charge in [0.05, 0.1) is 17.9 Å². The van der Waals surface area contributed by atoms with Crippen LogP contribution >= 0.6 is 15.9 Å². The first-order chi connectivity index (χ1) is 12.9.